The Kier molecular flexibility index (Phi) is 5.63. The van der Waals surface area contributed by atoms with E-state index in [4.69, 9.17) is 9.47 Å². The summed E-state index contributed by atoms with van der Waals surface area (Å²) in [5, 5.41) is 6.90. The minimum absolute atomic E-state index is 0.248. The van der Waals surface area contributed by atoms with Gasteiger partial charge >= 0.3 is 0 Å². The maximum Gasteiger partial charge on any atom is 0.273 e. The number of carbonyl (C=O) groups excluding carboxylic acids is 2. The van der Waals surface area contributed by atoms with Crippen LogP contribution in [0.15, 0.2) is 24.4 Å². The lowest BCUT2D eigenvalue weighted by Gasteiger charge is -2.15. The number of amides is 2. The zero-order chi connectivity index (χ0) is 18.6. The van der Waals surface area contributed by atoms with Crippen LogP contribution in [0.1, 0.15) is 27.8 Å². The lowest BCUT2D eigenvalue weighted by molar-refractivity contribution is 0.0816. The van der Waals surface area contributed by atoms with Gasteiger partial charge in [-0.1, -0.05) is 6.07 Å². The molecule has 1 N–H and O–H groups in total. The maximum absolute atomic E-state index is 12.8. The van der Waals surface area contributed by atoms with Crippen molar-refractivity contribution in [1.82, 2.24) is 14.7 Å². The number of methoxy groups -OCH3 is 2. The third kappa shape index (κ3) is 3.57. The lowest BCUT2D eigenvalue weighted by atomic mass is 10.1. The Bertz CT molecular complexity index is 761. The number of nitrogens with one attached hydrogen (secondary N) is 1. The number of carbonyl (C=O) groups is 2. The number of aromatic nitrogens is 2. The van der Waals surface area contributed by atoms with Crippen LogP contribution in [0.25, 0.3) is 0 Å². The van der Waals surface area contributed by atoms with Gasteiger partial charge in [-0.3, -0.25) is 14.3 Å². The van der Waals surface area contributed by atoms with Crippen LogP contribution in [0, 0.1) is 0 Å². The monoisotopic (exact) mass is 346 g/mol. The summed E-state index contributed by atoms with van der Waals surface area (Å²) < 4.78 is 12.0. The minimum atomic E-state index is -0.447. The zero-order valence-electron chi connectivity index (χ0n) is 15.0. The molecule has 0 atom stereocenters. The van der Waals surface area contributed by atoms with Gasteiger partial charge in [0.1, 0.15) is 22.8 Å². The molecular formula is C17H22N4O4. The largest absolute Gasteiger partial charge is 0.496 e. The normalized spacial score (nSPS) is 10.3. The summed E-state index contributed by atoms with van der Waals surface area (Å²) in [5.74, 6) is 0.0554. The van der Waals surface area contributed by atoms with Crippen molar-refractivity contribution in [2.24, 2.45) is 0 Å². The van der Waals surface area contributed by atoms with Crippen LogP contribution in [0.5, 0.6) is 11.5 Å². The highest BCUT2D eigenvalue weighted by atomic mass is 16.5. The average Bonchev–Trinajstić information content (AvgIpc) is 3.02. The fraction of sp³-hybridized carbons (Fsp3) is 0.353. The second-order valence-corrected chi connectivity index (χ2v) is 5.41. The van der Waals surface area contributed by atoms with E-state index in [2.05, 4.69) is 10.4 Å². The van der Waals surface area contributed by atoms with Crippen molar-refractivity contribution in [3.63, 3.8) is 0 Å². The fourth-order valence-corrected chi connectivity index (χ4v) is 2.41. The van der Waals surface area contributed by atoms with E-state index >= 15 is 0 Å². The molecular weight excluding hydrogens is 324 g/mol. The van der Waals surface area contributed by atoms with Crippen LogP contribution in [-0.2, 0) is 6.54 Å². The van der Waals surface area contributed by atoms with Crippen molar-refractivity contribution in [2.45, 2.75) is 13.5 Å². The highest BCUT2D eigenvalue weighted by Crippen LogP contribution is 2.29. The van der Waals surface area contributed by atoms with Gasteiger partial charge in [0.15, 0.2) is 0 Å². The van der Waals surface area contributed by atoms with E-state index in [0.29, 0.717) is 29.4 Å². The van der Waals surface area contributed by atoms with Crippen molar-refractivity contribution in [2.75, 3.05) is 33.6 Å². The molecule has 0 radical (unpaired) electrons. The molecule has 0 fully saturated rings. The van der Waals surface area contributed by atoms with Crippen LogP contribution < -0.4 is 14.8 Å². The van der Waals surface area contributed by atoms with Crippen molar-refractivity contribution in [3.8, 4) is 11.5 Å². The summed E-state index contributed by atoms with van der Waals surface area (Å²) in [6.07, 6.45) is 1.46. The molecule has 0 saturated carbocycles. The van der Waals surface area contributed by atoms with Gasteiger partial charge in [-0.25, -0.2) is 0 Å². The molecule has 2 aromatic rings. The Hall–Kier alpha value is -3.03. The van der Waals surface area contributed by atoms with Gasteiger partial charge in [-0.15, -0.1) is 0 Å². The number of nitrogens with zero attached hydrogens (tertiary/aromatic N) is 3. The molecule has 0 aliphatic rings. The standard InChI is InChI=1S/C17H22N4O4/c1-6-21-15(17(23)20(2)3)11(10-18-21)19-16(22)14-12(24-4)8-7-9-13(14)25-5/h7-10H,6H2,1-5H3,(H,19,22). The Balaban J connectivity index is 2.43. The van der Waals surface area contributed by atoms with Crippen LogP contribution in [0.4, 0.5) is 5.69 Å². The Morgan fingerprint density at radius 3 is 2.28 bits per heavy atom. The first kappa shape index (κ1) is 18.3. The van der Waals surface area contributed by atoms with Gasteiger partial charge in [0, 0.05) is 20.6 Å². The molecule has 25 heavy (non-hydrogen) atoms. The van der Waals surface area contributed by atoms with Gasteiger partial charge in [-0.2, -0.15) is 5.10 Å². The molecule has 0 spiro atoms. The third-order valence-corrected chi connectivity index (χ3v) is 3.65. The molecule has 1 heterocycles. The van der Waals surface area contributed by atoms with Crippen LogP contribution in [0.3, 0.4) is 0 Å². The molecule has 2 amide bonds. The van der Waals surface area contributed by atoms with E-state index in [-0.39, 0.29) is 11.5 Å². The smallest absolute Gasteiger partial charge is 0.273 e. The molecule has 2 rings (SSSR count). The number of aryl methyl sites for hydroxylation is 1. The molecule has 0 unspecified atom stereocenters. The molecule has 8 heteroatoms. The van der Waals surface area contributed by atoms with Crippen molar-refractivity contribution >= 4 is 17.5 Å². The van der Waals surface area contributed by atoms with Gasteiger partial charge in [0.25, 0.3) is 11.8 Å². The quantitative estimate of drug-likeness (QED) is 0.863. The number of hydrogen-bond acceptors (Lipinski definition) is 5. The summed E-state index contributed by atoms with van der Waals surface area (Å²) in [4.78, 5) is 26.7. The van der Waals surface area contributed by atoms with Crippen LogP contribution >= 0.6 is 0 Å². The highest BCUT2D eigenvalue weighted by molar-refractivity contribution is 6.11. The van der Waals surface area contributed by atoms with Crippen LogP contribution in [0.2, 0.25) is 0 Å². The van der Waals surface area contributed by atoms with E-state index in [0.717, 1.165) is 0 Å². The van der Waals surface area contributed by atoms with Gasteiger partial charge in [-0.05, 0) is 19.1 Å². The van der Waals surface area contributed by atoms with Gasteiger partial charge < -0.3 is 19.7 Å². The third-order valence-electron chi connectivity index (χ3n) is 3.65. The number of anilines is 1. The van der Waals surface area contributed by atoms with E-state index in [1.165, 1.54) is 30.0 Å². The maximum atomic E-state index is 12.8. The van der Waals surface area contributed by atoms with E-state index in [9.17, 15) is 9.59 Å². The molecule has 1 aromatic carbocycles. The zero-order valence-corrected chi connectivity index (χ0v) is 15.0. The number of ether oxygens (including phenoxy) is 2. The molecule has 0 aliphatic heterocycles. The Morgan fingerprint density at radius 2 is 1.80 bits per heavy atom. The summed E-state index contributed by atoms with van der Waals surface area (Å²) >= 11 is 0. The highest BCUT2D eigenvalue weighted by Gasteiger charge is 2.24. The first-order valence-corrected chi connectivity index (χ1v) is 7.74. The summed E-state index contributed by atoms with van der Waals surface area (Å²) in [7, 11) is 6.23. The van der Waals surface area contributed by atoms with E-state index in [1.807, 2.05) is 6.92 Å². The molecule has 8 nitrogen and oxygen atoms in total. The number of rotatable bonds is 6. The van der Waals surface area contributed by atoms with E-state index < -0.39 is 5.91 Å². The molecule has 0 aliphatic carbocycles. The Morgan fingerprint density at radius 1 is 1.20 bits per heavy atom. The first-order valence-electron chi connectivity index (χ1n) is 7.74. The second-order valence-electron chi connectivity index (χ2n) is 5.41. The minimum Gasteiger partial charge on any atom is -0.496 e. The van der Waals surface area contributed by atoms with Gasteiger partial charge in [0.2, 0.25) is 0 Å². The Labute approximate surface area is 146 Å². The summed E-state index contributed by atoms with van der Waals surface area (Å²) in [6, 6.07) is 5.06. The fourth-order valence-electron chi connectivity index (χ4n) is 2.41. The first-order chi connectivity index (χ1) is 11.9. The van der Waals surface area contributed by atoms with Gasteiger partial charge in [0.05, 0.1) is 26.1 Å². The summed E-state index contributed by atoms with van der Waals surface area (Å²) in [6.45, 7) is 2.37. The van der Waals surface area contributed by atoms with Crippen molar-refractivity contribution in [3.05, 3.63) is 35.7 Å². The molecule has 1 aromatic heterocycles. The number of hydrogen-bond donors (Lipinski definition) is 1. The topological polar surface area (TPSA) is 85.7 Å². The average molecular weight is 346 g/mol. The predicted octanol–water partition coefficient (Wildman–Crippen LogP) is 1.87. The van der Waals surface area contributed by atoms with Crippen LogP contribution in [-0.4, -0.2) is 54.8 Å². The molecule has 0 bridgehead atoms. The number of benzene rings is 1. The lowest BCUT2D eigenvalue weighted by Crippen LogP contribution is -2.26. The van der Waals surface area contributed by atoms with Crippen molar-refractivity contribution < 1.29 is 19.1 Å². The predicted molar refractivity (Wildman–Crippen MR) is 93.4 cm³/mol. The van der Waals surface area contributed by atoms with E-state index in [1.54, 1.807) is 32.3 Å². The summed E-state index contributed by atoms with van der Waals surface area (Å²) in [5.41, 5.74) is 0.897. The SMILES string of the molecule is CCn1ncc(NC(=O)c2c(OC)cccc2OC)c1C(=O)N(C)C. The molecule has 134 valence electrons. The molecule has 0 saturated heterocycles. The van der Waals surface area contributed by atoms with Crippen molar-refractivity contribution in [1.29, 1.82) is 0 Å². The second kappa shape index (κ2) is 7.69.